The average Bonchev–Trinajstić information content (AvgIpc) is 2.89. The quantitative estimate of drug-likeness (QED) is 0.329. The predicted octanol–water partition coefficient (Wildman–Crippen LogP) is 5.76. The van der Waals surface area contributed by atoms with Gasteiger partial charge in [-0.3, -0.25) is 0 Å². The van der Waals surface area contributed by atoms with E-state index in [4.69, 9.17) is 4.74 Å². The van der Waals surface area contributed by atoms with Gasteiger partial charge >= 0.3 is 0 Å². The molecule has 0 fully saturated rings. The highest BCUT2D eigenvalue weighted by Gasteiger charge is 2.41. The van der Waals surface area contributed by atoms with E-state index >= 15 is 0 Å². The molecule has 2 nitrogen and oxygen atoms in total. The van der Waals surface area contributed by atoms with E-state index in [1.165, 1.54) is 38.9 Å². The third kappa shape index (κ3) is 2.76. The molecule has 2 aliphatic rings. The molecule has 7 rings (SSSR count). The molecule has 5 aromatic rings. The Morgan fingerprint density at radius 1 is 0.515 bits per heavy atom. The van der Waals surface area contributed by atoms with Gasteiger partial charge in [0.1, 0.15) is 11.5 Å². The van der Waals surface area contributed by atoms with Crippen LogP contribution in [-0.4, -0.2) is 6.71 Å². The summed E-state index contributed by atoms with van der Waals surface area (Å²) in [5.41, 5.74) is 9.73. The number of benzene rings is 5. The number of nitrogens with zero attached hydrogens (tertiary/aromatic N) is 1. The van der Waals surface area contributed by atoms with Crippen molar-refractivity contribution in [3.8, 4) is 22.6 Å². The van der Waals surface area contributed by atoms with Crippen LogP contribution in [0.3, 0.4) is 0 Å². The van der Waals surface area contributed by atoms with Crippen LogP contribution in [0.2, 0.25) is 0 Å². The van der Waals surface area contributed by atoms with Gasteiger partial charge in [-0.25, -0.2) is 0 Å². The maximum atomic E-state index is 6.49. The van der Waals surface area contributed by atoms with E-state index in [0.717, 1.165) is 17.2 Å². The number of hydrogen-bond acceptors (Lipinski definition) is 2. The zero-order valence-corrected chi connectivity index (χ0v) is 18.0. The van der Waals surface area contributed by atoms with Crippen LogP contribution >= 0.6 is 0 Å². The predicted molar refractivity (Wildman–Crippen MR) is 138 cm³/mol. The van der Waals surface area contributed by atoms with Crippen molar-refractivity contribution in [2.24, 2.45) is 0 Å². The molecule has 0 radical (unpaired) electrons. The summed E-state index contributed by atoms with van der Waals surface area (Å²) in [6.07, 6.45) is 0. The van der Waals surface area contributed by atoms with Gasteiger partial charge in [0, 0.05) is 17.1 Å². The first kappa shape index (κ1) is 18.3. The van der Waals surface area contributed by atoms with Crippen molar-refractivity contribution in [2.45, 2.75) is 0 Å². The Kier molecular flexibility index (Phi) is 3.97. The second-order valence-electron chi connectivity index (χ2n) is 8.57. The van der Waals surface area contributed by atoms with E-state index in [2.05, 4.69) is 126 Å². The molecule has 0 amide bonds. The normalized spacial score (nSPS) is 13.0. The molecule has 3 heteroatoms. The first-order valence-electron chi connectivity index (χ1n) is 11.3. The van der Waals surface area contributed by atoms with Gasteiger partial charge in [-0.1, -0.05) is 84.9 Å². The summed E-state index contributed by atoms with van der Waals surface area (Å²) in [4.78, 5) is 2.36. The van der Waals surface area contributed by atoms with E-state index in [9.17, 15) is 0 Å². The minimum absolute atomic E-state index is 0.125. The molecular weight excluding hydrogens is 401 g/mol. The maximum absolute atomic E-state index is 6.49. The standard InChI is InChI=1S/C30H20BNO/c1-3-10-21(11-4-1)22-18-19-28-25(20-22)31-24-14-7-8-15-26(24)32(23-12-5-2-6-13-23)27-16-9-17-29(33-28)30(27)31/h1-20H. The molecular formula is C30H20BNO. The molecule has 154 valence electrons. The van der Waals surface area contributed by atoms with E-state index < -0.39 is 0 Å². The summed E-state index contributed by atoms with van der Waals surface area (Å²) in [7, 11) is 0. The fourth-order valence-electron chi connectivity index (χ4n) is 5.30. The number of para-hydroxylation sites is 2. The average molecular weight is 421 g/mol. The summed E-state index contributed by atoms with van der Waals surface area (Å²) in [6.45, 7) is 0.125. The summed E-state index contributed by atoms with van der Waals surface area (Å²) in [5.74, 6) is 1.88. The molecule has 0 N–H and O–H groups in total. The Morgan fingerprint density at radius 3 is 2.09 bits per heavy atom. The lowest BCUT2D eigenvalue weighted by Gasteiger charge is -2.40. The summed E-state index contributed by atoms with van der Waals surface area (Å²) < 4.78 is 6.49. The van der Waals surface area contributed by atoms with Gasteiger partial charge in [-0.15, -0.1) is 0 Å². The molecule has 0 spiro atoms. The molecule has 2 heterocycles. The second kappa shape index (κ2) is 7.14. The van der Waals surface area contributed by atoms with E-state index in [1.807, 2.05) is 0 Å². The van der Waals surface area contributed by atoms with Crippen LogP contribution in [-0.2, 0) is 0 Å². The molecule has 2 aliphatic heterocycles. The second-order valence-corrected chi connectivity index (χ2v) is 8.57. The summed E-state index contributed by atoms with van der Waals surface area (Å²) in [6, 6.07) is 42.9. The van der Waals surface area contributed by atoms with Gasteiger partial charge in [0.25, 0.3) is 6.71 Å². The van der Waals surface area contributed by atoms with Crippen LogP contribution in [0.25, 0.3) is 11.1 Å². The number of fused-ring (bicyclic) bond motifs is 4. The molecule has 0 bridgehead atoms. The van der Waals surface area contributed by atoms with Crippen LogP contribution in [0.15, 0.2) is 121 Å². The zero-order valence-electron chi connectivity index (χ0n) is 18.0. The minimum Gasteiger partial charge on any atom is -0.458 e. The number of rotatable bonds is 2. The summed E-state index contributed by atoms with van der Waals surface area (Å²) >= 11 is 0. The SMILES string of the molecule is c1ccc(-c2ccc3c(c2)B2c4ccccc4N(c4ccccc4)c4cccc(c42)O3)cc1. The maximum Gasteiger partial charge on any atom is 0.256 e. The topological polar surface area (TPSA) is 12.5 Å². The molecule has 0 atom stereocenters. The molecule has 33 heavy (non-hydrogen) atoms. The molecule has 0 saturated heterocycles. The van der Waals surface area contributed by atoms with Crippen LogP contribution in [0, 0.1) is 0 Å². The van der Waals surface area contributed by atoms with Crippen LogP contribution in [0.4, 0.5) is 17.1 Å². The van der Waals surface area contributed by atoms with Crippen molar-refractivity contribution < 1.29 is 4.74 Å². The first-order valence-corrected chi connectivity index (χ1v) is 11.3. The molecule has 0 aliphatic carbocycles. The van der Waals surface area contributed by atoms with Gasteiger partial charge in [0.2, 0.25) is 0 Å². The van der Waals surface area contributed by atoms with Crippen molar-refractivity contribution >= 4 is 40.2 Å². The Bertz CT molecular complexity index is 1500. The Balaban J connectivity index is 1.50. The van der Waals surface area contributed by atoms with Crippen LogP contribution < -0.4 is 26.0 Å². The highest BCUT2D eigenvalue weighted by Crippen LogP contribution is 2.40. The Labute approximate surface area is 193 Å². The fourth-order valence-corrected chi connectivity index (χ4v) is 5.30. The molecule has 0 aromatic heterocycles. The third-order valence-electron chi connectivity index (χ3n) is 6.72. The van der Waals surface area contributed by atoms with Crippen LogP contribution in [0.1, 0.15) is 0 Å². The third-order valence-corrected chi connectivity index (χ3v) is 6.72. The van der Waals surface area contributed by atoms with Crippen molar-refractivity contribution in [3.05, 3.63) is 121 Å². The lowest BCUT2D eigenvalue weighted by atomic mass is 9.34. The van der Waals surface area contributed by atoms with Crippen molar-refractivity contribution in [3.63, 3.8) is 0 Å². The number of anilines is 3. The Morgan fingerprint density at radius 2 is 1.24 bits per heavy atom. The summed E-state index contributed by atoms with van der Waals surface area (Å²) in [5, 5.41) is 0. The number of ether oxygens (including phenoxy) is 1. The first-order chi connectivity index (χ1) is 16.4. The van der Waals surface area contributed by atoms with Gasteiger partial charge in [-0.05, 0) is 63.9 Å². The fraction of sp³-hybridized carbons (Fsp3) is 0. The van der Waals surface area contributed by atoms with Gasteiger partial charge < -0.3 is 9.64 Å². The van der Waals surface area contributed by atoms with Crippen molar-refractivity contribution in [2.75, 3.05) is 4.90 Å². The largest absolute Gasteiger partial charge is 0.458 e. The lowest BCUT2D eigenvalue weighted by molar-refractivity contribution is 0.487. The van der Waals surface area contributed by atoms with E-state index in [1.54, 1.807) is 0 Å². The Hall–Kier alpha value is -4.24. The number of hydrogen-bond donors (Lipinski definition) is 0. The highest BCUT2D eigenvalue weighted by atomic mass is 16.5. The smallest absolute Gasteiger partial charge is 0.256 e. The van der Waals surface area contributed by atoms with E-state index in [0.29, 0.717) is 0 Å². The van der Waals surface area contributed by atoms with Crippen LogP contribution in [0.5, 0.6) is 11.5 Å². The van der Waals surface area contributed by atoms with E-state index in [-0.39, 0.29) is 6.71 Å². The highest BCUT2D eigenvalue weighted by molar-refractivity contribution is 6.99. The van der Waals surface area contributed by atoms with Crippen molar-refractivity contribution in [1.29, 1.82) is 0 Å². The van der Waals surface area contributed by atoms with Gasteiger partial charge in [0.15, 0.2) is 0 Å². The molecule has 0 saturated carbocycles. The zero-order chi connectivity index (χ0) is 21.8. The lowest BCUT2D eigenvalue weighted by Crippen LogP contribution is -2.59. The van der Waals surface area contributed by atoms with Gasteiger partial charge in [-0.2, -0.15) is 0 Å². The monoisotopic (exact) mass is 421 g/mol. The minimum atomic E-state index is 0.125. The van der Waals surface area contributed by atoms with Crippen molar-refractivity contribution in [1.82, 2.24) is 0 Å². The van der Waals surface area contributed by atoms with Gasteiger partial charge in [0.05, 0.1) is 0 Å². The molecule has 0 unspecified atom stereocenters. The molecule has 5 aromatic carbocycles.